The summed E-state index contributed by atoms with van der Waals surface area (Å²) in [7, 11) is 0. The Labute approximate surface area is 110 Å². The van der Waals surface area contributed by atoms with E-state index in [1.54, 1.807) is 0 Å². The molecular weight excluding hydrogens is 228 g/mol. The fraction of sp³-hybridized carbons (Fsp3) is 0.929. The molecule has 0 atom stereocenters. The van der Waals surface area contributed by atoms with Crippen molar-refractivity contribution in [1.82, 2.24) is 10.6 Å². The largest absolute Gasteiger partial charge is 0.381 e. The molecule has 0 aliphatic carbocycles. The van der Waals surface area contributed by atoms with Crippen LogP contribution in [0.15, 0.2) is 0 Å². The van der Waals surface area contributed by atoms with E-state index in [1.807, 2.05) is 0 Å². The Morgan fingerprint density at radius 2 is 2.00 bits per heavy atom. The second kappa shape index (κ2) is 6.53. The molecule has 2 heterocycles. The molecule has 0 bridgehead atoms. The van der Waals surface area contributed by atoms with Gasteiger partial charge in [0, 0.05) is 25.2 Å². The summed E-state index contributed by atoms with van der Waals surface area (Å²) in [4.78, 5) is 12.0. The second-order valence-corrected chi connectivity index (χ2v) is 5.95. The van der Waals surface area contributed by atoms with Gasteiger partial charge in [0.2, 0.25) is 5.91 Å². The molecule has 0 saturated carbocycles. The van der Waals surface area contributed by atoms with E-state index in [0.29, 0.717) is 6.42 Å². The van der Waals surface area contributed by atoms with Crippen LogP contribution in [0.4, 0.5) is 0 Å². The molecule has 18 heavy (non-hydrogen) atoms. The van der Waals surface area contributed by atoms with Crippen molar-refractivity contribution in [1.29, 1.82) is 0 Å². The molecule has 4 nitrogen and oxygen atoms in total. The highest BCUT2D eigenvalue weighted by Gasteiger charge is 2.28. The summed E-state index contributed by atoms with van der Waals surface area (Å²) in [5.74, 6) is 0.956. The van der Waals surface area contributed by atoms with Gasteiger partial charge in [0.15, 0.2) is 0 Å². The van der Waals surface area contributed by atoms with Gasteiger partial charge in [-0.05, 0) is 58.0 Å². The Hall–Kier alpha value is -0.610. The van der Waals surface area contributed by atoms with Crippen LogP contribution in [0.2, 0.25) is 0 Å². The topological polar surface area (TPSA) is 50.4 Å². The summed E-state index contributed by atoms with van der Waals surface area (Å²) in [5, 5.41) is 6.56. The first kappa shape index (κ1) is 13.8. The van der Waals surface area contributed by atoms with Gasteiger partial charge in [0.25, 0.3) is 0 Å². The molecular formula is C14H26N2O2. The monoisotopic (exact) mass is 254 g/mol. The predicted molar refractivity (Wildman–Crippen MR) is 71.4 cm³/mol. The zero-order valence-corrected chi connectivity index (χ0v) is 11.5. The predicted octanol–water partition coefficient (Wildman–Crippen LogP) is 1.45. The second-order valence-electron chi connectivity index (χ2n) is 5.95. The lowest BCUT2D eigenvalue weighted by Crippen LogP contribution is -2.49. The van der Waals surface area contributed by atoms with Crippen LogP contribution in [0.5, 0.6) is 0 Å². The van der Waals surface area contributed by atoms with Crippen LogP contribution in [-0.4, -0.2) is 37.7 Å². The standard InChI is InChI=1S/C14H26N2O2/c1-14(6-10-18-11-7-14)16-13(17)3-2-12-4-8-15-9-5-12/h12,15H,2-11H2,1H3,(H,16,17). The van der Waals surface area contributed by atoms with Gasteiger partial charge < -0.3 is 15.4 Å². The quantitative estimate of drug-likeness (QED) is 0.798. The van der Waals surface area contributed by atoms with Crippen molar-refractivity contribution in [2.45, 2.75) is 51.0 Å². The minimum atomic E-state index is -0.0382. The van der Waals surface area contributed by atoms with Gasteiger partial charge in [-0.2, -0.15) is 0 Å². The Bertz CT molecular complexity index is 269. The average molecular weight is 254 g/mol. The van der Waals surface area contributed by atoms with Gasteiger partial charge in [0.05, 0.1) is 0 Å². The summed E-state index contributed by atoms with van der Waals surface area (Å²) in [6.07, 6.45) is 6.04. The van der Waals surface area contributed by atoms with Crippen molar-refractivity contribution >= 4 is 5.91 Å². The molecule has 2 rings (SSSR count). The van der Waals surface area contributed by atoms with Gasteiger partial charge in [-0.1, -0.05) is 0 Å². The van der Waals surface area contributed by atoms with Crippen molar-refractivity contribution < 1.29 is 9.53 Å². The first-order valence-corrected chi connectivity index (χ1v) is 7.27. The minimum absolute atomic E-state index is 0.0382. The molecule has 0 unspecified atom stereocenters. The summed E-state index contributed by atoms with van der Waals surface area (Å²) in [6, 6.07) is 0. The molecule has 2 N–H and O–H groups in total. The van der Waals surface area contributed by atoms with E-state index in [2.05, 4.69) is 17.6 Å². The van der Waals surface area contributed by atoms with Crippen LogP contribution in [0.3, 0.4) is 0 Å². The lowest BCUT2D eigenvalue weighted by Gasteiger charge is -2.34. The van der Waals surface area contributed by atoms with E-state index in [-0.39, 0.29) is 11.4 Å². The molecule has 1 amide bonds. The molecule has 104 valence electrons. The highest BCUT2D eigenvalue weighted by atomic mass is 16.5. The fourth-order valence-corrected chi connectivity index (χ4v) is 2.85. The van der Waals surface area contributed by atoms with Crippen LogP contribution < -0.4 is 10.6 Å². The maximum absolute atomic E-state index is 12.0. The van der Waals surface area contributed by atoms with E-state index < -0.39 is 0 Å². The lowest BCUT2D eigenvalue weighted by atomic mass is 9.90. The Morgan fingerprint density at radius 1 is 1.33 bits per heavy atom. The third-order valence-corrected chi connectivity index (χ3v) is 4.28. The van der Waals surface area contributed by atoms with Crippen LogP contribution in [0.25, 0.3) is 0 Å². The molecule has 0 spiro atoms. The Kier molecular flexibility index (Phi) is 5.01. The normalized spacial score (nSPS) is 24.7. The molecule has 2 saturated heterocycles. The Morgan fingerprint density at radius 3 is 2.67 bits per heavy atom. The number of carbonyl (C=O) groups is 1. The van der Waals surface area contributed by atoms with E-state index in [9.17, 15) is 4.79 Å². The lowest BCUT2D eigenvalue weighted by molar-refractivity contribution is -0.124. The molecule has 0 aromatic heterocycles. The zero-order valence-electron chi connectivity index (χ0n) is 11.5. The number of piperidine rings is 1. The molecule has 2 aliphatic rings. The maximum atomic E-state index is 12.0. The van der Waals surface area contributed by atoms with Gasteiger partial charge >= 0.3 is 0 Å². The number of hydrogen-bond acceptors (Lipinski definition) is 3. The number of carbonyl (C=O) groups excluding carboxylic acids is 1. The zero-order chi connectivity index (χ0) is 12.8. The first-order valence-electron chi connectivity index (χ1n) is 7.27. The van der Waals surface area contributed by atoms with Crippen molar-refractivity contribution in [3.05, 3.63) is 0 Å². The molecule has 4 heteroatoms. The maximum Gasteiger partial charge on any atom is 0.220 e. The third kappa shape index (κ3) is 4.25. The van der Waals surface area contributed by atoms with Crippen molar-refractivity contribution in [3.63, 3.8) is 0 Å². The van der Waals surface area contributed by atoms with E-state index in [1.165, 1.54) is 12.8 Å². The summed E-state index contributed by atoms with van der Waals surface area (Å²) in [6.45, 7) is 5.90. The summed E-state index contributed by atoms with van der Waals surface area (Å²) >= 11 is 0. The van der Waals surface area contributed by atoms with E-state index in [0.717, 1.165) is 51.5 Å². The number of hydrogen-bond donors (Lipinski definition) is 2. The third-order valence-electron chi connectivity index (χ3n) is 4.28. The van der Waals surface area contributed by atoms with E-state index in [4.69, 9.17) is 4.74 Å². The number of rotatable bonds is 4. The first-order chi connectivity index (χ1) is 8.68. The highest BCUT2D eigenvalue weighted by Crippen LogP contribution is 2.21. The summed E-state index contributed by atoms with van der Waals surface area (Å²) in [5.41, 5.74) is -0.0382. The van der Waals surface area contributed by atoms with Gasteiger partial charge in [0.1, 0.15) is 0 Å². The van der Waals surface area contributed by atoms with Crippen molar-refractivity contribution in [2.75, 3.05) is 26.3 Å². The number of amides is 1. The van der Waals surface area contributed by atoms with Crippen LogP contribution in [0.1, 0.15) is 45.4 Å². The van der Waals surface area contributed by atoms with Crippen LogP contribution in [0, 0.1) is 5.92 Å². The number of nitrogens with one attached hydrogen (secondary N) is 2. The number of ether oxygens (including phenoxy) is 1. The molecule has 0 radical (unpaired) electrons. The van der Waals surface area contributed by atoms with Gasteiger partial charge in [-0.25, -0.2) is 0 Å². The van der Waals surface area contributed by atoms with Gasteiger partial charge in [-0.15, -0.1) is 0 Å². The SMILES string of the molecule is CC1(NC(=O)CCC2CCNCC2)CCOCC1. The van der Waals surface area contributed by atoms with Crippen LogP contribution in [-0.2, 0) is 9.53 Å². The highest BCUT2D eigenvalue weighted by molar-refractivity contribution is 5.76. The average Bonchev–Trinajstić information content (AvgIpc) is 2.38. The van der Waals surface area contributed by atoms with Crippen molar-refractivity contribution in [2.24, 2.45) is 5.92 Å². The van der Waals surface area contributed by atoms with Crippen molar-refractivity contribution in [3.8, 4) is 0 Å². The molecule has 0 aromatic carbocycles. The summed E-state index contributed by atoms with van der Waals surface area (Å²) < 4.78 is 5.34. The molecule has 2 fully saturated rings. The Balaban J connectivity index is 1.67. The minimum Gasteiger partial charge on any atom is -0.381 e. The van der Waals surface area contributed by atoms with Crippen LogP contribution >= 0.6 is 0 Å². The smallest absolute Gasteiger partial charge is 0.220 e. The molecule has 2 aliphatic heterocycles. The van der Waals surface area contributed by atoms with Gasteiger partial charge in [-0.3, -0.25) is 4.79 Å². The molecule has 0 aromatic rings. The van der Waals surface area contributed by atoms with E-state index >= 15 is 0 Å². The fourth-order valence-electron chi connectivity index (χ4n) is 2.85.